The van der Waals surface area contributed by atoms with Crippen LogP contribution in [0.5, 0.6) is 0 Å². The number of carboxylic acids is 2. The smallest absolute Gasteiger partial charge is 0.313 e. The number of hydrogen-bond acceptors (Lipinski definition) is 8. The van der Waals surface area contributed by atoms with Crippen molar-refractivity contribution in [2.75, 3.05) is 26.4 Å². The van der Waals surface area contributed by atoms with E-state index < -0.39 is 91.2 Å². The van der Waals surface area contributed by atoms with Crippen LogP contribution in [-0.2, 0) is 28.7 Å². The van der Waals surface area contributed by atoms with Crippen LogP contribution < -0.4 is 0 Å². The Hall–Kier alpha value is -2.72. The summed E-state index contributed by atoms with van der Waals surface area (Å²) in [6.07, 6.45) is 4.53. The molecule has 0 bridgehead atoms. The van der Waals surface area contributed by atoms with E-state index in [-0.39, 0.29) is 21.7 Å². The SMILES string of the molecule is C/C(=C\C(C)(C)C(C)(C)CC(C)(C)C)C(CC(=O)O)C(=O)OCC(CO)(CO)COC(=O)C(CC(=O)O)/C(C)=C/C(C)(C)C(C)(C)CC(C)(C)C. The minimum atomic E-state index is -1.62. The molecule has 0 aromatic carbocycles. The van der Waals surface area contributed by atoms with Gasteiger partial charge in [-0.15, -0.1) is 0 Å². The van der Waals surface area contributed by atoms with E-state index in [9.17, 15) is 39.6 Å². The summed E-state index contributed by atoms with van der Waals surface area (Å²) in [4.78, 5) is 50.6. The van der Waals surface area contributed by atoms with Crippen LogP contribution in [0.25, 0.3) is 0 Å². The van der Waals surface area contributed by atoms with Crippen LogP contribution in [0, 0.1) is 49.7 Å². The summed E-state index contributed by atoms with van der Waals surface area (Å²) < 4.78 is 11.1. The Morgan fingerprint density at radius 3 is 1.04 bits per heavy atom. The Bertz CT molecular complexity index is 1170. The van der Waals surface area contributed by atoms with E-state index in [1.54, 1.807) is 13.8 Å². The van der Waals surface area contributed by atoms with E-state index >= 15 is 0 Å². The van der Waals surface area contributed by atoms with Crippen LogP contribution >= 0.6 is 0 Å². The van der Waals surface area contributed by atoms with Crippen molar-refractivity contribution in [1.82, 2.24) is 0 Å². The van der Waals surface area contributed by atoms with E-state index in [4.69, 9.17) is 9.47 Å². The Kier molecular flexibility index (Phi) is 16.9. The zero-order valence-electron chi connectivity index (χ0n) is 34.7. The third-order valence-corrected chi connectivity index (χ3v) is 10.7. The van der Waals surface area contributed by atoms with Crippen molar-refractivity contribution in [3.63, 3.8) is 0 Å². The van der Waals surface area contributed by atoms with Crippen LogP contribution in [0.2, 0.25) is 0 Å². The van der Waals surface area contributed by atoms with Crippen LogP contribution in [0.1, 0.15) is 136 Å². The van der Waals surface area contributed by atoms with Gasteiger partial charge in [-0.2, -0.15) is 0 Å². The fourth-order valence-corrected chi connectivity index (χ4v) is 6.97. The van der Waals surface area contributed by atoms with E-state index in [0.717, 1.165) is 12.8 Å². The molecule has 0 aromatic rings. The number of aliphatic hydroxyl groups excluding tert-OH is 2. The lowest BCUT2D eigenvalue weighted by molar-refractivity contribution is -0.165. The second kappa shape index (κ2) is 17.9. The highest BCUT2D eigenvalue weighted by Crippen LogP contribution is 2.49. The number of esters is 2. The lowest BCUT2D eigenvalue weighted by Crippen LogP contribution is -2.42. The van der Waals surface area contributed by atoms with Crippen LogP contribution in [-0.4, -0.2) is 70.7 Å². The molecule has 296 valence electrons. The number of ether oxygens (including phenoxy) is 2. The number of carbonyl (C=O) groups is 4. The monoisotopic (exact) mass is 725 g/mol. The molecule has 2 unspecified atom stereocenters. The first-order chi connectivity index (χ1) is 22.7. The first kappa shape index (κ1) is 48.3. The van der Waals surface area contributed by atoms with Crippen molar-refractivity contribution in [1.29, 1.82) is 0 Å². The molecule has 0 aromatic heterocycles. The van der Waals surface area contributed by atoms with Crippen molar-refractivity contribution in [2.24, 2.45) is 49.7 Å². The number of carbonyl (C=O) groups excluding carboxylic acids is 2. The summed E-state index contributed by atoms with van der Waals surface area (Å²) >= 11 is 0. The highest BCUT2D eigenvalue weighted by molar-refractivity contribution is 5.82. The van der Waals surface area contributed by atoms with Crippen molar-refractivity contribution in [2.45, 2.75) is 136 Å². The molecule has 0 aliphatic rings. The zero-order chi connectivity index (χ0) is 40.6. The number of allylic oxidation sites excluding steroid dienone is 2. The molecule has 4 N–H and O–H groups in total. The normalized spacial score (nSPS) is 15.6. The highest BCUT2D eigenvalue weighted by atomic mass is 16.6. The molecule has 0 aliphatic heterocycles. The Morgan fingerprint density at radius 2 is 0.824 bits per heavy atom. The summed E-state index contributed by atoms with van der Waals surface area (Å²) in [6.45, 7) is 30.4. The topological polar surface area (TPSA) is 168 Å². The molecule has 2 atom stereocenters. The van der Waals surface area contributed by atoms with Gasteiger partial charge < -0.3 is 29.9 Å². The predicted molar refractivity (Wildman–Crippen MR) is 201 cm³/mol. The van der Waals surface area contributed by atoms with Gasteiger partial charge in [0.2, 0.25) is 0 Å². The third-order valence-electron chi connectivity index (χ3n) is 10.7. The Labute approximate surface area is 308 Å². The molecule has 10 heteroatoms. The molecular formula is C41H72O10. The van der Waals surface area contributed by atoms with Gasteiger partial charge in [-0.25, -0.2) is 0 Å². The van der Waals surface area contributed by atoms with Gasteiger partial charge >= 0.3 is 23.9 Å². The number of aliphatic hydroxyl groups is 2. The minimum Gasteiger partial charge on any atom is -0.481 e. The maximum atomic E-state index is 13.5. The number of rotatable bonds is 20. The van der Waals surface area contributed by atoms with E-state index in [0.29, 0.717) is 11.1 Å². The lowest BCUT2D eigenvalue weighted by atomic mass is 9.61. The van der Waals surface area contributed by atoms with Crippen molar-refractivity contribution in [3.05, 3.63) is 23.3 Å². The summed E-state index contributed by atoms with van der Waals surface area (Å²) in [6, 6.07) is 0. The number of hydrogen-bond donors (Lipinski definition) is 4. The van der Waals surface area contributed by atoms with E-state index in [1.807, 2.05) is 39.8 Å². The molecule has 51 heavy (non-hydrogen) atoms. The van der Waals surface area contributed by atoms with Crippen molar-refractivity contribution in [3.8, 4) is 0 Å². The number of carboxylic acid groups (broad SMARTS) is 2. The van der Waals surface area contributed by atoms with Gasteiger partial charge in [0.1, 0.15) is 13.2 Å². The maximum absolute atomic E-state index is 13.5. The highest BCUT2D eigenvalue weighted by Gasteiger charge is 2.42. The van der Waals surface area contributed by atoms with Gasteiger partial charge in [0.25, 0.3) is 0 Å². The van der Waals surface area contributed by atoms with Gasteiger partial charge in [0.15, 0.2) is 0 Å². The molecule has 0 fully saturated rings. The maximum Gasteiger partial charge on any atom is 0.313 e. The largest absolute Gasteiger partial charge is 0.481 e. The minimum absolute atomic E-state index is 0.0332. The lowest BCUT2D eigenvalue weighted by Gasteiger charge is -2.44. The fraction of sp³-hybridized carbons (Fsp3) is 0.805. The Morgan fingerprint density at radius 1 is 0.549 bits per heavy atom. The Balaban J connectivity index is 6.26. The standard InChI is InChI=1S/C41H72O10/c1-27(19-37(9,10)39(13,14)21-35(3,4)5)29(17-31(44)45)33(48)50-25-41(23-42,24-43)26-51-34(49)30(18-32(46)47)28(2)20-38(11,12)40(15,16)22-36(6,7)8/h19-20,29-30,42-43H,17-18,21-26H2,1-16H3,(H,44,45)(H,46,47)/b27-19+,28-20+. The predicted octanol–water partition coefficient (Wildman–Crippen LogP) is 8.10. The molecule has 10 nitrogen and oxygen atoms in total. The number of aliphatic carboxylic acids is 2. The first-order valence-electron chi connectivity index (χ1n) is 18.0. The van der Waals surface area contributed by atoms with Crippen molar-refractivity contribution < 1.29 is 49.1 Å². The zero-order valence-corrected chi connectivity index (χ0v) is 34.7. The van der Waals surface area contributed by atoms with Crippen LogP contribution in [0.15, 0.2) is 23.3 Å². The average Bonchev–Trinajstić information content (AvgIpc) is 2.91. The molecule has 0 rings (SSSR count). The van der Waals surface area contributed by atoms with Gasteiger partial charge in [-0.3, -0.25) is 19.2 Å². The summed E-state index contributed by atoms with van der Waals surface area (Å²) in [7, 11) is 0. The molecule has 0 heterocycles. The first-order valence-corrected chi connectivity index (χ1v) is 18.0. The van der Waals surface area contributed by atoms with E-state index in [2.05, 4.69) is 69.2 Å². The van der Waals surface area contributed by atoms with Gasteiger partial charge in [0, 0.05) is 0 Å². The molecule has 0 amide bonds. The molecule has 0 saturated heterocycles. The summed E-state index contributed by atoms with van der Waals surface area (Å²) in [5.74, 6) is -6.36. The van der Waals surface area contributed by atoms with Crippen LogP contribution in [0.4, 0.5) is 0 Å². The van der Waals surface area contributed by atoms with Crippen molar-refractivity contribution >= 4 is 23.9 Å². The molecule has 0 spiro atoms. The molecule has 0 aliphatic carbocycles. The quantitative estimate of drug-likeness (QED) is 0.0711. The van der Waals surface area contributed by atoms with Crippen LogP contribution in [0.3, 0.4) is 0 Å². The molecule has 0 radical (unpaired) electrons. The van der Waals surface area contributed by atoms with Gasteiger partial charge in [-0.1, -0.05) is 120 Å². The summed E-state index contributed by atoms with van der Waals surface area (Å²) in [5, 5.41) is 39.9. The van der Waals surface area contributed by atoms with Gasteiger partial charge in [-0.05, 0) is 59.2 Å². The second-order valence-electron chi connectivity index (χ2n) is 19.8. The molecule has 0 saturated carbocycles. The fourth-order valence-electron chi connectivity index (χ4n) is 6.97. The average molecular weight is 725 g/mol. The van der Waals surface area contributed by atoms with Gasteiger partial charge in [0.05, 0.1) is 43.3 Å². The molecular weight excluding hydrogens is 652 g/mol. The second-order valence-corrected chi connectivity index (χ2v) is 19.8. The summed E-state index contributed by atoms with van der Waals surface area (Å²) in [5.41, 5.74) is -1.78. The van der Waals surface area contributed by atoms with E-state index in [1.165, 1.54) is 0 Å². The third kappa shape index (κ3) is 15.4.